The lowest BCUT2D eigenvalue weighted by Crippen LogP contribution is -1.90. The van der Waals surface area contributed by atoms with Gasteiger partial charge < -0.3 is 4.79 Å². The number of hydrogen-bond donors (Lipinski definition) is 0. The summed E-state index contributed by atoms with van der Waals surface area (Å²) in [4.78, 5) is 11.9. The maximum atomic E-state index is 10.6. The van der Waals surface area contributed by atoms with E-state index >= 15 is 0 Å². The normalized spacial score (nSPS) is 9.92. The van der Waals surface area contributed by atoms with Crippen molar-refractivity contribution in [3.05, 3.63) is 30.3 Å². The standard InChI is InChI=1S/C11H14OS/c1-10(12)6-5-9-13-11-7-3-2-4-8-11/h2-4,7-8H,5-6,9H2,1H3/i9+1. The van der Waals surface area contributed by atoms with Gasteiger partial charge >= 0.3 is 0 Å². The van der Waals surface area contributed by atoms with Gasteiger partial charge in [0.05, 0.1) is 0 Å². The Hall–Kier alpha value is -0.760. The Morgan fingerprint density at radius 3 is 2.62 bits per heavy atom. The molecular weight excluding hydrogens is 181 g/mol. The van der Waals surface area contributed by atoms with E-state index in [1.807, 2.05) is 30.0 Å². The van der Waals surface area contributed by atoms with E-state index < -0.39 is 0 Å². The minimum absolute atomic E-state index is 0.286. The van der Waals surface area contributed by atoms with Crippen molar-refractivity contribution in [1.82, 2.24) is 0 Å². The molecule has 0 spiro atoms. The van der Waals surface area contributed by atoms with Crippen molar-refractivity contribution in [2.75, 3.05) is 5.75 Å². The summed E-state index contributed by atoms with van der Waals surface area (Å²) in [6.45, 7) is 1.65. The highest BCUT2D eigenvalue weighted by Gasteiger charge is 1.95. The van der Waals surface area contributed by atoms with E-state index in [4.69, 9.17) is 0 Å². The van der Waals surface area contributed by atoms with Crippen LogP contribution in [0.1, 0.15) is 19.8 Å². The highest BCUT2D eigenvalue weighted by Crippen LogP contribution is 2.18. The van der Waals surface area contributed by atoms with Crippen molar-refractivity contribution in [2.24, 2.45) is 0 Å². The minimum Gasteiger partial charge on any atom is -0.300 e. The summed E-state index contributed by atoms with van der Waals surface area (Å²) in [6.07, 6.45) is 1.69. The fourth-order valence-electron chi connectivity index (χ4n) is 1.03. The molecule has 2 heteroatoms. The van der Waals surface area contributed by atoms with Crippen molar-refractivity contribution in [3.63, 3.8) is 0 Å². The molecule has 1 aromatic carbocycles. The van der Waals surface area contributed by atoms with Crippen LogP contribution in [0.5, 0.6) is 0 Å². The maximum Gasteiger partial charge on any atom is 0.129 e. The number of carbonyl (C=O) groups excluding carboxylic acids is 1. The molecule has 1 nitrogen and oxygen atoms in total. The summed E-state index contributed by atoms with van der Waals surface area (Å²) in [5.41, 5.74) is 0. The van der Waals surface area contributed by atoms with Crippen LogP contribution in [0.3, 0.4) is 0 Å². The number of hydrogen-bond acceptors (Lipinski definition) is 2. The van der Waals surface area contributed by atoms with E-state index in [2.05, 4.69) is 12.1 Å². The molecular formula is C11H14OS. The van der Waals surface area contributed by atoms with Crippen molar-refractivity contribution >= 4 is 17.5 Å². The molecule has 0 fully saturated rings. The predicted molar refractivity (Wildman–Crippen MR) is 57.1 cm³/mol. The van der Waals surface area contributed by atoms with Gasteiger partial charge in [-0.25, -0.2) is 0 Å². The Bertz CT molecular complexity index is 256. The molecule has 0 amide bonds. The quantitative estimate of drug-likeness (QED) is 0.408. The number of Topliss-reactive ketones (excluding diaryl/α,β-unsaturated/α-hetero) is 1. The summed E-state index contributed by atoms with van der Waals surface area (Å²) in [5, 5.41) is 0. The van der Waals surface area contributed by atoms with E-state index in [0.717, 1.165) is 12.2 Å². The van der Waals surface area contributed by atoms with Crippen LogP contribution < -0.4 is 0 Å². The first-order chi connectivity index (χ1) is 6.29. The average Bonchev–Trinajstić information content (AvgIpc) is 2.14. The van der Waals surface area contributed by atoms with Crippen molar-refractivity contribution < 1.29 is 4.79 Å². The molecule has 0 N–H and O–H groups in total. The van der Waals surface area contributed by atoms with Crippen LogP contribution in [0.25, 0.3) is 0 Å². The molecule has 0 unspecified atom stereocenters. The van der Waals surface area contributed by atoms with Crippen molar-refractivity contribution in [2.45, 2.75) is 24.7 Å². The van der Waals surface area contributed by atoms with Gasteiger partial charge in [0.15, 0.2) is 0 Å². The Labute approximate surface area is 83.5 Å². The van der Waals surface area contributed by atoms with E-state index in [9.17, 15) is 4.79 Å². The van der Waals surface area contributed by atoms with Crippen molar-refractivity contribution in [1.29, 1.82) is 0 Å². The summed E-state index contributed by atoms with van der Waals surface area (Å²) >= 11 is 1.81. The summed E-state index contributed by atoms with van der Waals surface area (Å²) in [6, 6.07) is 10.3. The Morgan fingerprint density at radius 1 is 1.31 bits per heavy atom. The topological polar surface area (TPSA) is 17.1 Å². The molecule has 1 rings (SSSR count). The van der Waals surface area contributed by atoms with Crippen LogP contribution in [-0.4, -0.2) is 11.5 Å². The van der Waals surface area contributed by atoms with Gasteiger partial charge in [-0.3, -0.25) is 0 Å². The Balaban J connectivity index is 2.17. The molecule has 0 atom stereocenters. The van der Waals surface area contributed by atoms with Gasteiger partial charge in [-0.15, -0.1) is 11.8 Å². The zero-order valence-electron chi connectivity index (χ0n) is 7.82. The largest absolute Gasteiger partial charge is 0.300 e. The molecule has 13 heavy (non-hydrogen) atoms. The molecule has 0 aromatic heterocycles. The number of benzene rings is 1. The van der Waals surface area contributed by atoms with E-state index in [1.54, 1.807) is 6.92 Å². The van der Waals surface area contributed by atoms with Gasteiger partial charge in [0.25, 0.3) is 0 Å². The molecule has 0 saturated carbocycles. The van der Waals surface area contributed by atoms with Crippen LogP contribution in [0.2, 0.25) is 0 Å². The summed E-state index contributed by atoms with van der Waals surface area (Å²) < 4.78 is 0. The molecule has 1 aromatic rings. The number of ketones is 1. The van der Waals surface area contributed by atoms with E-state index in [0.29, 0.717) is 6.42 Å². The number of carbonyl (C=O) groups is 1. The lowest BCUT2D eigenvalue weighted by atomic mass is 10.3. The SMILES string of the molecule is CC(=O)CC[13CH2]Sc1ccccc1. The summed E-state index contributed by atoms with van der Waals surface area (Å²) in [7, 11) is 0. The fourth-order valence-corrected chi connectivity index (χ4v) is 1.90. The second kappa shape index (κ2) is 5.81. The molecule has 0 aliphatic heterocycles. The third-order valence-electron chi connectivity index (χ3n) is 1.69. The third kappa shape index (κ3) is 4.73. The second-order valence-electron chi connectivity index (χ2n) is 2.97. The zero-order valence-corrected chi connectivity index (χ0v) is 8.64. The van der Waals surface area contributed by atoms with Crippen LogP contribution >= 0.6 is 11.8 Å². The maximum absolute atomic E-state index is 10.6. The molecule has 0 heterocycles. The highest BCUT2D eigenvalue weighted by molar-refractivity contribution is 7.99. The van der Waals surface area contributed by atoms with Crippen LogP contribution in [0.15, 0.2) is 35.2 Å². The highest BCUT2D eigenvalue weighted by atomic mass is 32.2. The van der Waals surface area contributed by atoms with Gasteiger partial charge in [-0.05, 0) is 31.2 Å². The van der Waals surface area contributed by atoms with Gasteiger partial charge in [0.2, 0.25) is 0 Å². The minimum atomic E-state index is 0.286. The van der Waals surface area contributed by atoms with E-state index in [1.165, 1.54) is 4.90 Å². The molecule has 70 valence electrons. The van der Waals surface area contributed by atoms with Crippen LogP contribution in [0, 0.1) is 0 Å². The first-order valence-electron chi connectivity index (χ1n) is 4.46. The number of rotatable bonds is 5. The Morgan fingerprint density at radius 2 is 2.00 bits per heavy atom. The Kier molecular flexibility index (Phi) is 4.61. The average molecular weight is 195 g/mol. The van der Waals surface area contributed by atoms with Crippen LogP contribution in [0.4, 0.5) is 0 Å². The smallest absolute Gasteiger partial charge is 0.129 e. The van der Waals surface area contributed by atoms with Gasteiger partial charge in [-0.2, -0.15) is 0 Å². The lowest BCUT2D eigenvalue weighted by Gasteiger charge is -1.99. The fraction of sp³-hybridized carbons (Fsp3) is 0.364. The van der Waals surface area contributed by atoms with Gasteiger partial charge in [0, 0.05) is 11.3 Å². The molecule has 0 aliphatic carbocycles. The van der Waals surface area contributed by atoms with Gasteiger partial charge in [-0.1, -0.05) is 18.2 Å². The summed E-state index contributed by atoms with van der Waals surface area (Å²) in [5.74, 6) is 1.32. The first kappa shape index (κ1) is 10.3. The first-order valence-corrected chi connectivity index (χ1v) is 5.45. The molecule has 0 bridgehead atoms. The van der Waals surface area contributed by atoms with Crippen LogP contribution in [-0.2, 0) is 4.79 Å². The predicted octanol–water partition coefficient (Wildman–Crippen LogP) is 3.15. The lowest BCUT2D eigenvalue weighted by molar-refractivity contribution is -0.117. The monoisotopic (exact) mass is 195 g/mol. The third-order valence-corrected chi connectivity index (χ3v) is 2.78. The van der Waals surface area contributed by atoms with Crippen molar-refractivity contribution in [3.8, 4) is 0 Å². The molecule has 0 radical (unpaired) electrons. The second-order valence-corrected chi connectivity index (χ2v) is 4.14. The number of thioether (sulfide) groups is 1. The molecule has 0 saturated heterocycles. The molecule has 0 aliphatic rings. The zero-order chi connectivity index (χ0) is 9.52. The van der Waals surface area contributed by atoms with E-state index in [-0.39, 0.29) is 5.78 Å². The van der Waals surface area contributed by atoms with Gasteiger partial charge in [0.1, 0.15) is 5.78 Å².